The summed E-state index contributed by atoms with van der Waals surface area (Å²) in [6, 6.07) is 4.94. The van der Waals surface area contributed by atoms with Crippen LogP contribution in [-0.2, 0) is 10.3 Å². The number of alkyl halides is 3. The molecule has 0 unspecified atom stereocenters. The molecule has 2 saturated carbocycles. The summed E-state index contributed by atoms with van der Waals surface area (Å²) in [7, 11) is 0. The van der Waals surface area contributed by atoms with Crippen LogP contribution in [0.3, 0.4) is 0 Å². The molecule has 0 spiro atoms. The van der Waals surface area contributed by atoms with Crippen LogP contribution in [0.4, 0.5) is 18.0 Å². The highest BCUT2D eigenvalue weighted by Crippen LogP contribution is 2.47. The molecule has 0 saturated heterocycles. The van der Waals surface area contributed by atoms with Gasteiger partial charge in [0.15, 0.2) is 5.60 Å². The molecule has 10 heteroatoms. The van der Waals surface area contributed by atoms with E-state index in [1.807, 2.05) is 4.90 Å². The predicted octanol–water partition coefficient (Wildman–Crippen LogP) is 5.80. The second-order valence-electron chi connectivity index (χ2n) is 10.4. The lowest BCUT2D eigenvalue weighted by molar-refractivity contribution is -0.258. The van der Waals surface area contributed by atoms with Crippen LogP contribution < -0.4 is 5.73 Å². The molecule has 0 heterocycles. The zero-order chi connectivity index (χ0) is 28.8. The third kappa shape index (κ3) is 6.98. The van der Waals surface area contributed by atoms with Gasteiger partial charge in [0.1, 0.15) is 6.61 Å². The van der Waals surface area contributed by atoms with Crippen LogP contribution in [0, 0.1) is 5.41 Å². The SMILES string of the molecule is C=CC=N/C=C(\CC=C)C1(COC(N)=O)CCC(N(C(=O)c2ccc([C@](C)(O)C(F)(F)F)cc2)C2CC2)CC1. The molecule has 0 bridgehead atoms. The van der Waals surface area contributed by atoms with Gasteiger partial charge in [-0.1, -0.05) is 30.9 Å². The van der Waals surface area contributed by atoms with Crippen LogP contribution >= 0.6 is 0 Å². The smallest absolute Gasteiger partial charge is 0.421 e. The Kier molecular flexibility index (Phi) is 9.43. The number of carbonyl (C=O) groups excluding carboxylic acids is 2. The number of hydrogen-bond acceptors (Lipinski definition) is 5. The number of allylic oxidation sites excluding steroid dienone is 2. The number of nitrogens with two attached hydrogens (primary N) is 1. The van der Waals surface area contributed by atoms with Gasteiger partial charge < -0.3 is 20.5 Å². The van der Waals surface area contributed by atoms with Crippen molar-refractivity contribution in [2.45, 2.75) is 75.7 Å². The Morgan fingerprint density at radius 2 is 1.74 bits per heavy atom. The average Bonchev–Trinajstić information content (AvgIpc) is 3.72. The topological polar surface area (TPSA) is 105 Å². The molecule has 212 valence electrons. The van der Waals surface area contributed by atoms with Crippen molar-refractivity contribution in [1.29, 1.82) is 0 Å². The van der Waals surface area contributed by atoms with E-state index in [-0.39, 0.29) is 35.7 Å². The summed E-state index contributed by atoms with van der Waals surface area (Å²) >= 11 is 0. The first-order chi connectivity index (χ1) is 18.4. The van der Waals surface area contributed by atoms with Gasteiger partial charge in [0, 0.05) is 35.5 Å². The Bertz CT molecular complexity index is 1110. The molecule has 3 rings (SSSR count). The molecule has 2 aliphatic rings. The number of benzene rings is 1. The minimum absolute atomic E-state index is 0.0650. The van der Waals surface area contributed by atoms with Gasteiger partial charge in [-0.25, -0.2) is 4.79 Å². The minimum Gasteiger partial charge on any atom is -0.449 e. The van der Waals surface area contributed by atoms with E-state index in [0.717, 1.165) is 30.5 Å². The van der Waals surface area contributed by atoms with Gasteiger partial charge in [0.05, 0.1) is 0 Å². The number of nitrogens with zero attached hydrogens (tertiary/aromatic N) is 2. The normalized spacial score (nSPS) is 23.6. The molecule has 1 aromatic rings. The highest BCUT2D eigenvalue weighted by molar-refractivity contribution is 5.95. The average molecular weight is 548 g/mol. The number of ether oxygens (including phenoxy) is 1. The number of primary amides is 1. The second kappa shape index (κ2) is 12.2. The summed E-state index contributed by atoms with van der Waals surface area (Å²) in [4.78, 5) is 31.2. The molecule has 0 radical (unpaired) electrons. The summed E-state index contributed by atoms with van der Waals surface area (Å²) in [6.45, 7) is 8.24. The van der Waals surface area contributed by atoms with Gasteiger partial charge in [-0.3, -0.25) is 9.79 Å². The van der Waals surface area contributed by atoms with Gasteiger partial charge in [0.25, 0.3) is 5.91 Å². The fourth-order valence-corrected chi connectivity index (χ4v) is 5.19. The van der Waals surface area contributed by atoms with Crippen LogP contribution in [0.15, 0.2) is 66.3 Å². The van der Waals surface area contributed by atoms with E-state index in [9.17, 15) is 27.9 Å². The third-order valence-corrected chi connectivity index (χ3v) is 7.68. The first-order valence-electron chi connectivity index (χ1n) is 13.0. The summed E-state index contributed by atoms with van der Waals surface area (Å²) in [5.41, 5.74) is 2.61. The summed E-state index contributed by atoms with van der Waals surface area (Å²) in [5.74, 6) is -0.251. The maximum absolute atomic E-state index is 13.6. The van der Waals surface area contributed by atoms with E-state index in [4.69, 9.17) is 10.5 Å². The van der Waals surface area contributed by atoms with Gasteiger partial charge in [-0.15, -0.1) is 6.58 Å². The number of halogens is 3. The maximum atomic E-state index is 13.6. The minimum atomic E-state index is -4.85. The summed E-state index contributed by atoms with van der Waals surface area (Å²) in [6.07, 6.45) is 5.61. The highest BCUT2D eigenvalue weighted by atomic mass is 19.4. The highest BCUT2D eigenvalue weighted by Gasteiger charge is 2.51. The van der Waals surface area contributed by atoms with Crippen molar-refractivity contribution in [3.63, 3.8) is 0 Å². The van der Waals surface area contributed by atoms with Crippen LogP contribution in [0.5, 0.6) is 0 Å². The third-order valence-electron chi connectivity index (χ3n) is 7.68. The van der Waals surface area contributed by atoms with Crippen LogP contribution in [-0.4, -0.2) is 53.1 Å². The lowest BCUT2D eigenvalue weighted by Gasteiger charge is -2.44. The summed E-state index contributed by atoms with van der Waals surface area (Å²) in [5, 5.41) is 9.96. The Morgan fingerprint density at radius 1 is 1.15 bits per heavy atom. The number of aliphatic imine (C=N–C) groups is 1. The standard InChI is InChI=1S/C29H36F3N3O4/c1-4-6-22(18-34-17-5-2)28(19-39-26(33)37)15-13-24(14-16-28)35(23-11-12-23)25(36)20-7-9-21(10-8-20)27(3,38)29(30,31)32/h4-5,7-10,17-18,23-24,38H,1-2,6,11-16,19H2,3H3,(H2,33,37)/b22-18+,34-17?/t24?,27-,28?/m0/s1. The van der Waals surface area contributed by atoms with E-state index in [2.05, 4.69) is 18.2 Å². The van der Waals surface area contributed by atoms with E-state index >= 15 is 0 Å². The van der Waals surface area contributed by atoms with Crippen molar-refractivity contribution in [2.24, 2.45) is 16.1 Å². The number of rotatable bonds is 11. The molecule has 1 aromatic carbocycles. The number of carbonyl (C=O) groups is 2. The molecular weight excluding hydrogens is 511 g/mol. The summed E-state index contributed by atoms with van der Waals surface area (Å²) < 4.78 is 45.0. The van der Waals surface area contributed by atoms with Gasteiger partial charge in [-0.2, -0.15) is 13.2 Å². The zero-order valence-corrected chi connectivity index (χ0v) is 22.1. The van der Waals surface area contributed by atoms with Crippen LogP contribution in [0.25, 0.3) is 0 Å². The molecular formula is C29H36F3N3O4. The van der Waals surface area contributed by atoms with E-state index in [1.165, 1.54) is 12.1 Å². The van der Waals surface area contributed by atoms with E-state index in [1.54, 1.807) is 24.6 Å². The first-order valence-corrected chi connectivity index (χ1v) is 13.0. The van der Waals surface area contributed by atoms with Gasteiger partial charge in [0.2, 0.25) is 0 Å². The molecule has 0 aromatic heterocycles. The Hall–Kier alpha value is -3.40. The molecule has 2 fully saturated rings. The fraction of sp³-hybridized carbons (Fsp3) is 0.483. The lowest BCUT2D eigenvalue weighted by Crippen LogP contribution is -2.47. The largest absolute Gasteiger partial charge is 0.449 e. The van der Waals surface area contributed by atoms with Crippen molar-refractivity contribution in [3.05, 3.63) is 72.5 Å². The molecule has 2 amide bonds. The Balaban J connectivity index is 1.82. The van der Waals surface area contributed by atoms with Crippen molar-refractivity contribution in [2.75, 3.05) is 6.61 Å². The maximum Gasteiger partial charge on any atom is 0.421 e. The van der Waals surface area contributed by atoms with Gasteiger partial charge in [-0.05, 0) is 75.1 Å². The lowest BCUT2D eigenvalue weighted by atomic mass is 9.67. The second-order valence-corrected chi connectivity index (χ2v) is 10.4. The van der Waals surface area contributed by atoms with Crippen LogP contribution in [0.2, 0.25) is 0 Å². The van der Waals surface area contributed by atoms with Crippen molar-refractivity contribution in [1.82, 2.24) is 4.90 Å². The first kappa shape index (κ1) is 30.1. The van der Waals surface area contributed by atoms with Crippen molar-refractivity contribution >= 4 is 18.2 Å². The number of hydrogen-bond donors (Lipinski definition) is 2. The van der Waals surface area contributed by atoms with E-state index in [0.29, 0.717) is 39.0 Å². The van der Waals surface area contributed by atoms with Gasteiger partial charge >= 0.3 is 12.3 Å². The Morgan fingerprint density at radius 3 is 2.23 bits per heavy atom. The molecule has 39 heavy (non-hydrogen) atoms. The zero-order valence-electron chi connectivity index (χ0n) is 22.1. The number of amides is 2. The van der Waals surface area contributed by atoms with Crippen molar-refractivity contribution < 1.29 is 32.6 Å². The molecule has 0 aliphatic heterocycles. The van der Waals surface area contributed by atoms with Crippen LogP contribution in [0.1, 0.15) is 67.8 Å². The molecule has 1 atom stereocenters. The molecule has 7 nitrogen and oxygen atoms in total. The Labute approximate surface area is 226 Å². The quantitative estimate of drug-likeness (QED) is 0.270. The molecule has 2 aliphatic carbocycles. The fourth-order valence-electron chi connectivity index (χ4n) is 5.19. The molecule has 3 N–H and O–H groups in total. The van der Waals surface area contributed by atoms with E-state index < -0.39 is 23.3 Å². The monoisotopic (exact) mass is 547 g/mol. The van der Waals surface area contributed by atoms with Crippen molar-refractivity contribution in [3.8, 4) is 0 Å². The number of aliphatic hydroxyl groups is 1. The predicted molar refractivity (Wildman–Crippen MR) is 143 cm³/mol.